The van der Waals surface area contributed by atoms with Crippen LogP contribution in [0.25, 0.3) is 27.4 Å². The van der Waals surface area contributed by atoms with Gasteiger partial charge in [-0.1, -0.05) is 69.2 Å². The van der Waals surface area contributed by atoms with Gasteiger partial charge in [-0.2, -0.15) is 26.7 Å². The third-order valence-corrected chi connectivity index (χ3v) is 27.8. The van der Waals surface area contributed by atoms with Gasteiger partial charge in [0.1, 0.15) is 54.0 Å². The van der Waals surface area contributed by atoms with E-state index in [4.69, 9.17) is 30.3 Å². The summed E-state index contributed by atoms with van der Waals surface area (Å²) in [6.07, 6.45) is 17.4. The minimum atomic E-state index is -4.51. The predicted molar refractivity (Wildman–Crippen MR) is 538 cm³/mol. The Morgan fingerprint density at radius 1 is 0.591 bits per heavy atom. The summed E-state index contributed by atoms with van der Waals surface area (Å²) in [5, 5.41) is 43.0. The lowest BCUT2D eigenvalue weighted by molar-refractivity contribution is -0.438. The van der Waals surface area contributed by atoms with Crippen LogP contribution in [0, 0.1) is 17.9 Å². The number of unbranched alkanes of at least 4 members (excludes halogenated alkanes) is 2. The molecule has 8 aromatic rings. The van der Waals surface area contributed by atoms with Gasteiger partial charge < -0.3 is 65.4 Å². The second-order valence-electron chi connectivity index (χ2n) is 37.9. The maximum absolute atomic E-state index is 14.3. The number of rotatable bonds is 50. The quantitative estimate of drug-likeness (QED) is 0.00577. The number of aromatic nitrogens is 8. The molecule has 4 aliphatic heterocycles. The Labute approximate surface area is 861 Å². The van der Waals surface area contributed by atoms with Crippen LogP contribution >= 0.6 is 0 Å². The number of allylic oxidation sites excluding steroid dienone is 7. The van der Waals surface area contributed by atoms with E-state index in [-0.39, 0.29) is 156 Å². The Balaban J connectivity index is 0.609. The van der Waals surface area contributed by atoms with Crippen molar-refractivity contribution in [2.24, 2.45) is 0 Å². The Morgan fingerprint density at radius 3 is 1.69 bits per heavy atom. The van der Waals surface area contributed by atoms with Crippen LogP contribution in [0.1, 0.15) is 192 Å². The van der Waals surface area contributed by atoms with E-state index < -0.39 is 123 Å². The third kappa shape index (κ3) is 29.7. The van der Waals surface area contributed by atoms with E-state index in [1.54, 1.807) is 70.3 Å². The summed E-state index contributed by atoms with van der Waals surface area (Å²) in [7, 11) is -9.02. The molecule has 2 fully saturated rings. The average Bonchev–Trinajstić information content (AvgIpc) is 1.58. The molecule has 0 saturated carbocycles. The van der Waals surface area contributed by atoms with Gasteiger partial charge in [0.25, 0.3) is 55.7 Å². The molecule has 4 aromatic heterocycles. The summed E-state index contributed by atoms with van der Waals surface area (Å²) < 4.78 is 162. The number of carbonyl (C=O) groups is 8. The first-order valence-electron chi connectivity index (χ1n) is 49.3. The fourth-order valence-electron chi connectivity index (χ4n) is 18.0. The number of halogens is 4. The molecule has 0 radical (unpaired) electrons. The maximum atomic E-state index is 14.3. The SMILES string of the molecule is [C-]#[N+][C@@H]1CC(F)(F)CN1C(=O)[C@H](C)NC(=O)c1ccnc(CNC(=O)CCOCCOCCn2cc(-c3cc(C(=O)NCCNC(=O)CCc4ccc(OC5=C(/C=C/C6=[N+](CCCC)c7ccc(S(=O)(=O)O)cc7C6(C)C)CCC/C5=C\C=C5\N(CCCC)c6ccc(S(=O)(=O)O)cc6C5(C)C)cc4)cc(-c4cn(CCOCCOCCC(=O)NCc5cc(C(=O)N[C@@H](C)C(=O)N6CC(F)(F)C[C@@H]6C#N)ccn5)nn4)c3)nn2)c1. The molecule has 4 aromatic carbocycles. The molecule has 13 rings (SSSR count). The number of nitrogens with zero attached hydrogens (tertiary/aromatic N) is 14. The summed E-state index contributed by atoms with van der Waals surface area (Å²) in [6.45, 7) is 23.3. The molecule has 8 N–H and O–H groups in total. The van der Waals surface area contributed by atoms with Crippen LogP contribution in [-0.4, -0.2) is 262 Å². The van der Waals surface area contributed by atoms with E-state index in [1.165, 1.54) is 62.6 Å². The highest BCUT2D eigenvalue weighted by atomic mass is 32.2. The van der Waals surface area contributed by atoms with Gasteiger partial charge in [0.2, 0.25) is 29.3 Å². The van der Waals surface area contributed by atoms with Crippen molar-refractivity contribution in [3.63, 3.8) is 0 Å². The highest BCUT2D eigenvalue weighted by molar-refractivity contribution is 7.86. The van der Waals surface area contributed by atoms with E-state index in [1.807, 2.05) is 52.0 Å². The Kier molecular flexibility index (Phi) is 37.7. The van der Waals surface area contributed by atoms with E-state index >= 15 is 0 Å². The molecule has 149 heavy (non-hydrogen) atoms. The largest absolute Gasteiger partial charge is 0.457 e. The van der Waals surface area contributed by atoms with Gasteiger partial charge >= 0.3 is 6.17 Å². The molecule has 2 saturated heterocycles. The average molecular weight is 2100 g/mol. The lowest BCUT2D eigenvalue weighted by atomic mass is 9.81. The second kappa shape index (κ2) is 50.2. The number of aryl methyl sites for hydroxylation is 1. The van der Waals surface area contributed by atoms with E-state index in [2.05, 4.69) is 115 Å². The van der Waals surface area contributed by atoms with Gasteiger partial charge in [-0.25, -0.2) is 33.5 Å². The van der Waals surface area contributed by atoms with Crippen molar-refractivity contribution in [2.75, 3.05) is 97.0 Å². The highest BCUT2D eigenvalue weighted by Gasteiger charge is 2.53. The van der Waals surface area contributed by atoms with Crippen LogP contribution in [0.4, 0.5) is 28.9 Å². The van der Waals surface area contributed by atoms with Crippen LogP contribution in [0.15, 0.2) is 185 Å². The number of hydrogen-bond acceptors (Lipinski definition) is 25. The molecule has 0 unspecified atom stereocenters. The van der Waals surface area contributed by atoms with Crippen LogP contribution in [0.5, 0.6) is 5.75 Å². The zero-order valence-corrected chi connectivity index (χ0v) is 85.7. The van der Waals surface area contributed by atoms with Gasteiger partial charge in [-0.3, -0.25) is 67.2 Å². The number of ether oxygens (including phenoxy) is 5. The zero-order valence-electron chi connectivity index (χ0n) is 84.1. The Hall–Kier alpha value is -14.2. The second-order valence-corrected chi connectivity index (χ2v) is 40.7. The molecule has 0 spiro atoms. The number of carbonyl (C=O) groups excluding carboxylic acids is 8. The Bertz CT molecular complexity index is 6570. The molecule has 8 heterocycles. The number of fused-ring (bicyclic) bond motifs is 2. The molecule has 792 valence electrons. The van der Waals surface area contributed by atoms with E-state index in [0.717, 1.165) is 92.5 Å². The molecule has 0 bridgehead atoms. The normalized spacial score (nSPS) is 17.5. The van der Waals surface area contributed by atoms with Gasteiger partial charge in [-0.05, 0) is 179 Å². The first kappa shape index (κ1) is 112. The van der Waals surface area contributed by atoms with Gasteiger partial charge in [0.15, 0.2) is 5.71 Å². The lowest BCUT2D eigenvalue weighted by Crippen LogP contribution is -2.48. The number of nitrogens with one attached hydrogen (secondary N) is 6. The zero-order chi connectivity index (χ0) is 107. The minimum absolute atomic E-state index is 0.0217. The van der Waals surface area contributed by atoms with Crippen molar-refractivity contribution in [1.29, 1.82) is 5.26 Å². The first-order chi connectivity index (χ1) is 71.0. The standard InChI is InChI=1S/C104H122F4N20O19S2/c1-10-12-39-125-87-26-24-81(148(137,138)139)56-83(87)101(5,6)89(125)28-20-70-15-14-16-71(21-29-90-102(7,8)84-57-82(149(140,141)142)25-27-88(84)126(90)40-13-11-2)95(70)147-80-22-17-69(18-23-80)19-30-92(129)113-37-38-114-96(132)76-52-74(85-63-123(121-119-85)41-45-145-49-47-143-43-33-93(130)115-61-77-54-72(31-35-111-77)97(133)117-67(3)99(135)127-65-103(105,106)58-79(127)60-109)51-75(53-76)86-64-124(122-120-86)42-46-146-50-48-144-44-34-94(131)116-62-78-55-73(32-36-112-78)98(134)118-68(4)100(136)128-66-104(107,108)59-91(128)110-9/h17-18,20-29,31-32,35-36,51-57,63-64,67-68,79,91H,10-16,19,30,33-34,37-50,58-59,61-62,65-66H2,1-8H3,(H7-,113,114,115,116,117,118,129,130,131,132,133,134,137,138,139,140,141,142)/p+1/t67-,68-,79+,91-/m0/s1. The number of likely N-dealkylation sites (tertiary alicyclic amines) is 2. The van der Waals surface area contributed by atoms with Crippen LogP contribution in [-0.2, 0) is 107 Å². The molecule has 39 nitrogen and oxygen atoms in total. The number of hydrogen-bond donors (Lipinski definition) is 8. The van der Waals surface area contributed by atoms with E-state index in [0.29, 0.717) is 77.8 Å². The smallest absolute Gasteiger partial charge is 0.306 e. The monoisotopic (exact) mass is 2100 g/mol. The lowest BCUT2D eigenvalue weighted by Gasteiger charge is -2.27. The van der Waals surface area contributed by atoms with Gasteiger partial charge in [0.05, 0.1) is 137 Å². The summed E-state index contributed by atoms with van der Waals surface area (Å²) >= 11 is 0. The van der Waals surface area contributed by atoms with Crippen LogP contribution in [0.2, 0.25) is 0 Å². The molecule has 8 amide bonds. The van der Waals surface area contributed by atoms with Crippen LogP contribution < -0.4 is 41.5 Å². The molecule has 45 heteroatoms. The maximum Gasteiger partial charge on any atom is 0.306 e. The topological polar surface area (TPSA) is 492 Å². The number of pyridine rings is 2. The number of anilines is 1. The molecule has 1 aliphatic carbocycles. The van der Waals surface area contributed by atoms with Crippen molar-refractivity contribution in [2.45, 2.75) is 222 Å². The first-order valence-corrected chi connectivity index (χ1v) is 52.2. The third-order valence-electron chi connectivity index (χ3n) is 26.1. The fourth-order valence-corrected chi connectivity index (χ4v) is 19.0. The number of amides is 8. The molecule has 4 atom stereocenters. The van der Waals surface area contributed by atoms with Crippen molar-refractivity contribution in [3.8, 4) is 34.3 Å². The molecular formula is C104H123F4N20O19S2+. The van der Waals surface area contributed by atoms with Crippen molar-refractivity contribution in [1.82, 2.24) is 81.7 Å². The van der Waals surface area contributed by atoms with Gasteiger partial charge in [-0.15, -0.1) is 10.2 Å². The van der Waals surface area contributed by atoms with Crippen molar-refractivity contribution >= 4 is 84.6 Å². The van der Waals surface area contributed by atoms with Gasteiger partial charge in [0, 0.05) is 126 Å². The summed E-state index contributed by atoms with van der Waals surface area (Å²) in [6, 6.07) is 25.5. The minimum Gasteiger partial charge on any atom is -0.457 e. The van der Waals surface area contributed by atoms with Crippen molar-refractivity contribution in [3.05, 3.63) is 231 Å². The summed E-state index contributed by atoms with van der Waals surface area (Å²) in [4.78, 5) is 120. The Morgan fingerprint density at radius 2 is 1.13 bits per heavy atom. The van der Waals surface area contributed by atoms with E-state index in [9.17, 15) is 87.1 Å². The predicted octanol–water partition coefficient (Wildman–Crippen LogP) is 11.2. The van der Waals surface area contributed by atoms with Crippen molar-refractivity contribution < 1.29 is 110 Å². The van der Waals surface area contributed by atoms with Crippen LogP contribution in [0.3, 0.4) is 0 Å². The summed E-state index contributed by atoms with van der Waals surface area (Å²) in [5.74, 6) is -9.82. The summed E-state index contributed by atoms with van der Waals surface area (Å²) in [5.41, 5.74) is 9.16. The number of alkyl halides is 4. The number of nitriles is 1. The highest BCUT2D eigenvalue weighted by Crippen LogP contribution is 2.50. The molecular weight excluding hydrogens is 1970 g/mol. The molecule has 5 aliphatic rings. The number of benzene rings is 4. The fraction of sp³-hybridized carbons (Fsp3) is 0.452.